The van der Waals surface area contributed by atoms with Crippen LogP contribution in [0.1, 0.15) is 12.0 Å². The molecule has 0 saturated carbocycles. The number of thioether (sulfide) groups is 1. The van der Waals surface area contributed by atoms with Crippen molar-refractivity contribution in [3.63, 3.8) is 0 Å². The van der Waals surface area contributed by atoms with Gasteiger partial charge in [0.2, 0.25) is 11.8 Å². The Labute approximate surface area is 156 Å². The zero-order valence-electron chi connectivity index (χ0n) is 14.6. The molecule has 26 heavy (non-hydrogen) atoms. The molecule has 1 unspecified atom stereocenters. The maximum absolute atomic E-state index is 13.2. The van der Waals surface area contributed by atoms with E-state index in [2.05, 4.69) is 5.32 Å². The van der Waals surface area contributed by atoms with Crippen molar-refractivity contribution in [2.75, 3.05) is 24.2 Å². The van der Waals surface area contributed by atoms with E-state index in [9.17, 15) is 14.0 Å². The van der Waals surface area contributed by atoms with Crippen molar-refractivity contribution >= 4 is 29.3 Å². The number of hydrogen-bond acceptors (Lipinski definition) is 3. The highest BCUT2D eigenvalue weighted by atomic mass is 32.2. The fourth-order valence-corrected chi connectivity index (χ4v) is 3.47. The molecule has 6 heteroatoms. The quantitative estimate of drug-likeness (QED) is 0.792. The maximum atomic E-state index is 13.2. The lowest BCUT2D eigenvalue weighted by molar-refractivity contribution is -0.126. The van der Waals surface area contributed by atoms with Crippen LogP contribution in [0.15, 0.2) is 53.4 Å². The monoisotopic (exact) mass is 372 g/mol. The minimum atomic E-state index is -0.352. The topological polar surface area (TPSA) is 49.4 Å². The molecule has 1 heterocycles. The van der Waals surface area contributed by atoms with E-state index in [1.807, 2.05) is 36.6 Å². The molecule has 2 aromatic carbocycles. The van der Waals surface area contributed by atoms with Gasteiger partial charge in [0, 0.05) is 30.1 Å². The number of hydrogen-bond donors (Lipinski definition) is 1. The first-order chi connectivity index (χ1) is 12.6. The van der Waals surface area contributed by atoms with Crippen LogP contribution in [0.5, 0.6) is 0 Å². The standard InChI is InChI=1S/C20H21FN2O2S/c1-26-18-7-5-17(6-8-18)23-13-15(12-19(23)24)20(25)22-10-9-14-3-2-4-16(21)11-14/h2-8,11,15H,9-10,12-13H2,1H3,(H,22,25). The van der Waals surface area contributed by atoms with Gasteiger partial charge in [-0.05, 0) is 54.6 Å². The summed E-state index contributed by atoms with van der Waals surface area (Å²) >= 11 is 1.64. The zero-order chi connectivity index (χ0) is 18.5. The summed E-state index contributed by atoms with van der Waals surface area (Å²) in [6.45, 7) is 0.818. The van der Waals surface area contributed by atoms with Crippen molar-refractivity contribution in [1.82, 2.24) is 5.32 Å². The Bertz CT molecular complexity index is 795. The maximum Gasteiger partial charge on any atom is 0.227 e. The van der Waals surface area contributed by atoms with Crippen LogP contribution in [0.25, 0.3) is 0 Å². The Morgan fingerprint density at radius 1 is 1.27 bits per heavy atom. The molecule has 136 valence electrons. The third-order valence-corrected chi connectivity index (χ3v) is 5.23. The third kappa shape index (κ3) is 4.43. The van der Waals surface area contributed by atoms with E-state index in [1.54, 1.807) is 22.7 Å². The predicted molar refractivity (Wildman–Crippen MR) is 102 cm³/mol. The number of carbonyl (C=O) groups excluding carboxylic acids is 2. The molecule has 2 aromatic rings. The molecule has 0 aliphatic carbocycles. The number of carbonyl (C=O) groups is 2. The summed E-state index contributed by atoms with van der Waals surface area (Å²) in [6.07, 6.45) is 2.78. The molecule has 1 saturated heterocycles. The summed E-state index contributed by atoms with van der Waals surface area (Å²) < 4.78 is 13.2. The van der Waals surface area contributed by atoms with Crippen molar-refractivity contribution < 1.29 is 14.0 Å². The van der Waals surface area contributed by atoms with Gasteiger partial charge in [-0.3, -0.25) is 9.59 Å². The summed E-state index contributed by atoms with van der Waals surface area (Å²) in [5.74, 6) is -0.793. The Morgan fingerprint density at radius 2 is 2.04 bits per heavy atom. The van der Waals surface area contributed by atoms with Gasteiger partial charge in [0.05, 0.1) is 5.92 Å². The van der Waals surface area contributed by atoms with E-state index in [-0.39, 0.29) is 30.0 Å². The Balaban J connectivity index is 1.53. The van der Waals surface area contributed by atoms with Crippen LogP contribution in [0, 0.1) is 11.7 Å². The number of nitrogens with one attached hydrogen (secondary N) is 1. The molecule has 4 nitrogen and oxygen atoms in total. The summed E-state index contributed by atoms with van der Waals surface area (Å²) in [5.41, 5.74) is 1.66. The average Bonchev–Trinajstić information content (AvgIpc) is 3.04. The van der Waals surface area contributed by atoms with Crippen LogP contribution in [0.4, 0.5) is 10.1 Å². The first-order valence-electron chi connectivity index (χ1n) is 8.53. The Morgan fingerprint density at radius 3 is 2.73 bits per heavy atom. The highest BCUT2D eigenvalue weighted by molar-refractivity contribution is 7.98. The molecule has 1 N–H and O–H groups in total. The van der Waals surface area contributed by atoms with Gasteiger partial charge >= 0.3 is 0 Å². The van der Waals surface area contributed by atoms with Gasteiger partial charge in [-0.1, -0.05) is 12.1 Å². The van der Waals surface area contributed by atoms with E-state index in [0.717, 1.165) is 16.1 Å². The highest BCUT2D eigenvalue weighted by Gasteiger charge is 2.34. The molecule has 0 radical (unpaired) electrons. The van der Waals surface area contributed by atoms with Gasteiger partial charge in [0.25, 0.3) is 0 Å². The molecule has 0 aromatic heterocycles. The molecule has 1 aliphatic heterocycles. The van der Waals surface area contributed by atoms with Crippen LogP contribution in [-0.2, 0) is 16.0 Å². The minimum absolute atomic E-state index is 0.0350. The van der Waals surface area contributed by atoms with Crippen LogP contribution >= 0.6 is 11.8 Å². The second-order valence-corrected chi connectivity index (χ2v) is 7.15. The van der Waals surface area contributed by atoms with Crippen molar-refractivity contribution in [3.8, 4) is 0 Å². The fraction of sp³-hybridized carbons (Fsp3) is 0.300. The lowest BCUT2D eigenvalue weighted by atomic mass is 10.1. The van der Waals surface area contributed by atoms with Gasteiger partial charge < -0.3 is 10.2 Å². The lowest BCUT2D eigenvalue weighted by Crippen LogP contribution is -2.34. The van der Waals surface area contributed by atoms with Gasteiger partial charge in [0.1, 0.15) is 5.82 Å². The Hall–Kier alpha value is -2.34. The fourth-order valence-electron chi connectivity index (χ4n) is 3.06. The van der Waals surface area contributed by atoms with Gasteiger partial charge in [-0.25, -0.2) is 4.39 Å². The number of halogens is 1. The van der Waals surface area contributed by atoms with Crippen LogP contribution in [0.2, 0.25) is 0 Å². The normalized spacial score (nSPS) is 16.8. The molecule has 3 rings (SSSR count). The number of anilines is 1. The van der Waals surface area contributed by atoms with Crippen LogP contribution in [-0.4, -0.2) is 31.2 Å². The van der Waals surface area contributed by atoms with Gasteiger partial charge in [0.15, 0.2) is 0 Å². The van der Waals surface area contributed by atoms with E-state index in [1.165, 1.54) is 12.1 Å². The van der Waals surface area contributed by atoms with E-state index in [4.69, 9.17) is 0 Å². The second kappa shape index (κ2) is 8.36. The first-order valence-corrected chi connectivity index (χ1v) is 9.76. The summed E-state index contributed by atoms with van der Waals surface area (Å²) in [6, 6.07) is 14.1. The van der Waals surface area contributed by atoms with Gasteiger partial charge in [-0.15, -0.1) is 11.8 Å². The molecular weight excluding hydrogens is 351 g/mol. The van der Waals surface area contributed by atoms with Crippen LogP contribution in [0.3, 0.4) is 0 Å². The van der Waals surface area contributed by atoms with Crippen molar-refractivity contribution in [1.29, 1.82) is 0 Å². The number of benzene rings is 2. The van der Waals surface area contributed by atoms with Crippen molar-refractivity contribution in [2.24, 2.45) is 5.92 Å². The summed E-state index contributed by atoms with van der Waals surface area (Å²) in [7, 11) is 0. The van der Waals surface area contributed by atoms with Crippen LogP contribution < -0.4 is 10.2 Å². The Kier molecular flexibility index (Phi) is 5.93. The molecule has 1 aliphatic rings. The van der Waals surface area contributed by atoms with Gasteiger partial charge in [-0.2, -0.15) is 0 Å². The van der Waals surface area contributed by atoms with E-state index < -0.39 is 0 Å². The van der Waals surface area contributed by atoms with E-state index >= 15 is 0 Å². The first kappa shape index (κ1) is 18.5. The minimum Gasteiger partial charge on any atom is -0.355 e. The highest BCUT2D eigenvalue weighted by Crippen LogP contribution is 2.27. The second-order valence-electron chi connectivity index (χ2n) is 6.27. The zero-order valence-corrected chi connectivity index (χ0v) is 15.4. The predicted octanol–water partition coefficient (Wildman–Crippen LogP) is 3.26. The number of nitrogens with zero attached hydrogens (tertiary/aromatic N) is 1. The van der Waals surface area contributed by atoms with Crippen molar-refractivity contribution in [2.45, 2.75) is 17.7 Å². The lowest BCUT2D eigenvalue weighted by Gasteiger charge is -2.17. The molecule has 0 spiro atoms. The number of amides is 2. The SMILES string of the molecule is CSc1ccc(N2CC(C(=O)NCCc3cccc(F)c3)CC2=O)cc1. The summed E-state index contributed by atoms with van der Waals surface area (Å²) in [5, 5.41) is 2.86. The molecule has 1 fully saturated rings. The number of rotatable bonds is 6. The van der Waals surface area contributed by atoms with E-state index in [0.29, 0.717) is 19.5 Å². The summed E-state index contributed by atoms with van der Waals surface area (Å²) in [4.78, 5) is 27.4. The largest absolute Gasteiger partial charge is 0.355 e. The third-order valence-electron chi connectivity index (χ3n) is 4.48. The molecule has 2 amide bonds. The molecule has 1 atom stereocenters. The van der Waals surface area contributed by atoms with Crippen molar-refractivity contribution in [3.05, 3.63) is 59.9 Å². The molecule has 0 bridgehead atoms. The average molecular weight is 372 g/mol. The smallest absolute Gasteiger partial charge is 0.227 e. The molecular formula is C20H21FN2O2S.